The number of carbonyl (C=O) groups excluding carboxylic acids is 1. The molecule has 0 fully saturated rings. The minimum absolute atomic E-state index is 0.270. The minimum Gasteiger partial charge on any atom is -0.389 e. The summed E-state index contributed by atoms with van der Waals surface area (Å²) in [6.45, 7) is 0. The molecule has 0 radical (unpaired) electrons. The third-order valence-corrected chi connectivity index (χ3v) is 3.61. The highest BCUT2D eigenvalue weighted by Crippen LogP contribution is 2.28. The predicted octanol–water partition coefficient (Wildman–Crippen LogP) is 2.05. The van der Waals surface area contributed by atoms with Crippen LogP contribution in [0.25, 0.3) is 0 Å². The Morgan fingerprint density at radius 3 is 2.60 bits per heavy atom. The number of aldehydes is 1. The van der Waals surface area contributed by atoms with Gasteiger partial charge in [-0.3, -0.25) is 4.79 Å². The van der Waals surface area contributed by atoms with Crippen molar-refractivity contribution >= 4 is 38.1 Å². The maximum atomic E-state index is 10.7. The van der Waals surface area contributed by atoms with E-state index in [1.54, 1.807) is 18.2 Å². The maximum Gasteiger partial charge on any atom is 0.151 e. The molecule has 0 aromatic heterocycles. The molecule has 15 heavy (non-hydrogen) atoms. The van der Waals surface area contributed by atoms with Crippen LogP contribution in [0.1, 0.15) is 22.0 Å². The molecule has 82 valence electrons. The lowest BCUT2D eigenvalue weighted by Crippen LogP contribution is -2.20. The molecule has 5 heteroatoms. The lowest BCUT2D eigenvalue weighted by atomic mass is 10.0. The Hall–Kier alpha value is -0.230. The molecule has 0 saturated heterocycles. The van der Waals surface area contributed by atoms with Crippen molar-refractivity contribution in [3.05, 3.63) is 33.8 Å². The number of benzene rings is 1. The van der Waals surface area contributed by atoms with E-state index in [0.29, 0.717) is 21.9 Å². The summed E-state index contributed by atoms with van der Waals surface area (Å²) in [7, 11) is 0. The van der Waals surface area contributed by atoms with Gasteiger partial charge in [0.1, 0.15) is 6.10 Å². The molecule has 0 aliphatic carbocycles. The molecular formula is C10H10Br2O3. The molecule has 0 aliphatic rings. The lowest BCUT2D eigenvalue weighted by Gasteiger charge is -2.17. The van der Waals surface area contributed by atoms with E-state index in [0.717, 1.165) is 0 Å². The van der Waals surface area contributed by atoms with E-state index in [4.69, 9.17) is 0 Å². The Morgan fingerprint density at radius 2 is 2.07 bits per heavy atom. The van der Waals surface area contributed by atoms with Crippen molar-refractivity contribution in [2.24, 2.45) is 0 Å². The first-order chi connectivity index (χ1) is 7.11. The van der Waals surface area contributed by atoms with Gasteiger partial charge in [-0.05, 0) is 21.5 Å². The first-order valence-electron chi connectivity index (χ1n) is 4.27. The van der Waals surface area contributed by atoms with E-state index in [-0.39, 0.29) is 5.33 Å². The maximum absolute atomic E-state index is 10.7. The summed E-state index contributed by atoms with van der Waals surface area (Å²) in [5.41, 5.74) is 0.958. The van der Waals surface area contributed by atoms with Crippen molar-refractivity contribution in [2.45, 2.75) is 12.2 Å². The number of rotatable bonds is 4. The van der Waals surface area contributed by atoms with Crippen molar-refractivity contribution in [1.29, 1.82) is 0 Å². The first-order valence-corrected chi connectivity index (χ1v) is 6.19. The molecule has 3 nitrogen and oxygen atoms in total. The van der Waals surface area contributed by atoms with Gasteiger partial charge in [-0.2, -0.15) is 0 Å². The summed E-state index contributed by atoms with van der Waals surface area (Å²) >= 11 is 6.30. The van der Waals surface area contributed by atoms with Gasteiger partial charge in [0.2, 0.25) is 0 Å². The molecule has 0 saturated carbocycles. The van der Waals surface area contributed by atoms with Gasteiger partial charge < -0.3 is 10.2 Å². The summed E-state index contributed by atoms with van der Waals surface area (Å²) in [4.78, 5) is 10.7. The topological polar surface area (TPSA) is 57.5 Å². The molecule has 0 heterocycles. The fraction of sp³-hybridized carbons (Fsp3) is 0.300. The Morgan fingerprint density at radius 1 is 1.40 bits per heavy atom. The zero-order valence-electron chi connectivity index (χ0n) is 7.73. The van der Waals surface area contributed by atoms with Crippen LogP contribution in [0.4, 0.5) is 0 Å². The van der Waals surface area contributed by atoms with Gasteiger partial charge >= 0.3 is 0 Å². The molecule has 0 spiro atoms. The Bertz CT molecular complexity index is 355. The third kappa shape index (κ3) is 2.87. The van der Waals surface area contributed by atoms with Gasteiger partial charge in [0, 0.05) is 15.4 Å². The second-order valence-corrected chi connectivity index (χ2v) is 4.48. The zero-order valence-corrected chi connectivity index (χ0v) is 10.9. The largest absolute Gasteiger partial charge is 0.389 e. The van der Waals surface area contributed by atoms with Crippen LogP contribution in [-0.2, 0) is 0 Å². The third-order valence-electron chi connectivity index (χ3n) is 2.03. The Balaban J connectivity index is 3.09. The molecule has 0 bridgehead atoms. The number of hydrogen-bond acceptors (Lipinski definition) is 3. The second-order valence-electron chi connectivity index (χ2n) is 3.03. The number of aliphatic hydroxyl groups excluding tert-OH is 2. The highest BCUT2D eigenvalue weighted by molar-refractivity contribution is 9.10. The van der Waals surface area contributed by atoms with Crippen molar-refractivity contribution in [3.63, 3.8) is 0 Å². The van der Waals surface area contributed by atoms with Gasteiger partial charge in [-0.15, -0.1) is 0 Å². The summed E-state index contributed by atoms with van der Waals surface area (Å²) in [6, 6.07) is 4.95. The van der Waals surface area contributed by atoms with Crippen molar-refractivity contribution in [3.8, 4) is 0 Å². The molecule has 1 aromatic rings. The Labute approximate surface area is 104 Å². The summed E-state index contributed by atoms with van der Waals surface area (Å²) in [5, 5.41) is 19.5. The van der Waals surface area contributed by atoms with E-state index in [2.05, 4.69) is 31.9 Å². The first kappa shape index (κ1) is 12.8. The average molecular weight is 338 g/mol. The molecule has 0 amide bonds. The van der Waals surface area contributed by atoms with Gasteiger partial charge in [-0.1, -0.05) is 34.1 Å². The molecule has 1 aromatic carbocycles. The fourth-order valence-electron chi connectivity index (χ4n) is 1.18. The quantitative estimate of drug-likeness (QED) is 0.653. The summed E-state index contributed by atoms with van der Waals surface area (Å²) in [6.07, 6.45) is -1.22. The fourth-order valence-corrected chi connectivity index (χ4v) is 2.13. The molecule has 0 aliphatic heterocycles. The summed E-state index contributed by atoms with van der Waals surface area (Å²) < 4.78 is 0.521. The highest BCUT2D eigenvalue weighted by atomic mass is 79.9. The van der Waals surface area contributed by atoms with Crippen molar-refractivity contribution in [2.75, 3.05) is 5.33 Å². The normalized spacial score (nSPS) is 14.7. The summed E-state index contributed by atoms with van der Waals surface area (Å²) in [5.74, 6) is 0. The zero-order chi connectivity index (χ0) is 11.4. The van der Waals surface area contributed by atoms with Crippen LogP contribution < -0.4 is 0 Å². The van der Waals surface area contributed by atoms with Crippen LogP contribution in [0.2, 0.25) is 0 Å². The van der Waals surface area contributed by atoms with E-state index in [1.807, 2.05) is 0 Å². The van der Waals surface area contributed by atoms with Gasteiger partial charge in [0.05, 0.1) is 6.10 Å². The SMILES string of the molecule is O=Cc1cccc(C(O)C(O)CBr)c1Br. The Kier molecular flexibility index (Phi) is 4.92. The highest BCUT2D eigenvalue weighted by Gasteiger charge is 2.20. The van der Waals surface area contributed by atoms with Gasteiger partial charge in [-0.25, -0.2) is 0 Å². The molecule has 1 rings (SSSR count). The minimum atomic E-state index is -1.02. The van der Waals surface area contributed by atoms with Crippen molar-refractivity contribution in [1.82, 2.24) is 0 Å². The molecule has 2 N–H and O–H groups in total. The number of hydrogen-bond donors (Lipinski definition) is 2. The average Bonchev–Trinajstić information content (AvgIpc) is 2.27. The monoisotopic (exact) mass is 336 g/mol. The van der Waals surface area contributed by atoms with Crippen LogP contribution in [0.5, 0.6) is 0 Å². The molecular weight excluding hydrogens is 328 g/mol. The van der Waals surface area contributed by atoms with E-state index >= 15 is 0 Å². The lowest BCUT2D eigenvalue weighted by molar-refractivity contribution is 0.0338. The van der Waals surface area contributed by atoms with Crippen LogP contribution in [0, 0.1) is 0 Å². The number of carbonyl (C=O) groups is 1. The molecule has 2 unspecified atom stereocenters. The number of aliphatic hydroxyl groups is 2. The number of halogens is 2. The van der Waals surface area contributed by atoms with Gasteiger partial charge in [0.15, 0.2) is 6.29 Å². The predicted molar refractivity (Wildman–Crippen MR) is 64.3 cm³/mol. The smallest absolute Gasteiger partial charge is 0.151 e. The van der Waals surface area contributed by atoms with Gasteiger partial charge in [0.25, 0.3) is 0 Å². The van der Waals surface area contributed by atoms with Crippen molar-refractivity contribution < 1.29 is 15.0 Å². The van der Waals surface area contributed by atoms with E-state index < -0.39 is 12.2 Å². The van der Waals surface area contributed by atoms with Crippen LogP contribution in [0.3, 0.4) is 0 Å². The van der Waals surface area contributed by atoms with Crippen LogP contribution in [0.15, 0.2) is 22.7 Å². The number of alkyl halides is 1. The second kappa shape index (κ2) is 5.75. The van der Waals surface area contributed by atoms with E-state index in [1.165, 1.54) is 0 Å². The van der Waals surface area contributed by atoms with Crippen LogP contribution in [-0.4, -0.2) is 27.9 Å². The van der Waals surface area contributed by atoms with E-state index in [9.17, 15) is 15.0 Å². The molecule has 2 atom stereocenters. The standard InChI is InChI=1S/C10H10Br2O3/c11-4-8(14)10(15)7-3-1-2-6(5-13)9(7)12/h1-3,5,8,10,14-15H,4H2. The van der Waals surface area contributed by atoms with Crippen LogP contribution >= 0.6 is 31.9 Å².